The summed E-state index contributed by atoms with van der Waals surface area (Å²) in [6.45, 7) is 4.20. The van der Waals surface area contributed by atoms with Gasteiger partial charge in [-0.3, -0.25) is 4.79 Å². The minimum absolute atomic E-state index is 0.0500. The van der Waals surface area contributed by atoms with Gasteiger partial charge in [-0.15, -0.1) is 0 Å². The first-order chi connectivity index (χ1) is 9.02. The first-order valence-electron chi connectivity index (χ1n) is 6.47. The fraction of sp³-hybridized carbons (Fsp3) is 0.500. The summed E-state index contributed by atoms with van der Waals surface area (Å²) in [5.41, 5.74) is 6.26. The molecule has 1 fully saturated rings. The van der Waals surface area contributed by atoms with Crippen molar-refractivity contribution in [3.63, 3.8) is 0 Å². The fourth-order valence-corrected chi connectivity index (χ4v) is 2.83. The zero-order valence-corrected chi connectivity index (χ0v) is 12.5. The number of halogens is 2. The molecule has 3 nitrogen and oxygen atoms in total. The van der Waals surface area contributed by atoms with E-state index in [1.807, 2.05) is 4.90 Å². The Balaban J connectivity index is 2.13. The molecule has 1 amide bonds. The summed E-state index contributed by atoms with van der Waals surface area (Å²) in [5, 5.41) is 0. The molecule has 0 saturated carbocycles. The van der Waals surface area contributed by atoms with E-state index < -0.39 is 0 Å². The van der Waals surface area contributed by atoms with E-state index in [1.165, 1.54) is 18.2 Å². The smallest absolute Gasteiger partial charge is 0.253 e. The van der Waals surface area contributed by atoms with Crippen molar-refractivity contribution in [1.29, 1.82) is 0 Å². The quantitative estimate of drug-likeness (QED) is 0.907. The molecule has 1 saturated heterocycles. The second kappa shape index (κ2) is 6.01. The Morgan fingerprint density at radius 1 is 1.58 bits per heavy atom. The number of nitrogens with zero attached hydrogens (tertiary/aromatic N) is 1. The number of carbonyl (C=O) groups is 1. The standard InChI is InChI=1S/C14H18BrFN2O/c1-9-4-5-18(8-11(9)7-17)14(19)10-2-3-13(16)12(15)6-10/h2-3,6,9,11H,4-5,7-8,17H2,1H3. The highest BCUT2D eigenvalue weighted by molar-refractivity contribution is 9.10. The number of likely N-dealkylation sites (tertiary alicyclic amines) is 1. The topological polar surface area (TPSA) is 46.3 Å². The molecular formula is C14H18BrFN2O. The molecule has 0 spiro atoms. The monoisotopic (exact) mass is 328 g/mol. The average molecular weight is 329 g/mol. The van der Waals surface area contributed by atoms with Gasteiger partial charge in [-0.05, 0) is 58.9 Å². The molecule has 1 aromatic carbocycles. The molecule has 0 aliphatic carbocycles. The SMILES string of the molecule is CC1CCN(C(=O)c2ccc(F)c(Br)c2)CC1CN. The minimum Gasteiger partial charge on any atom is -0.338 e. The van der Waals surface area contributed by atoms with Gasteiger partial charge in [-0.1, -0.05) is 6.92 Å². The van der Waals surface area contributed by atoms with Gasteiger partial charge in [0, 0.05) is 18.7 Å². The Morgan fingerprint density at radius 3 is 2.95 bits per heavy atom. The maximum absolute atomic E-state index is 13.2. The van der Waals surface area contributed by atoms with Crippen LogP contribution in [0.25, 0.3) is 0 Å². The van der Waals surface area contributed by atoms with Crippen molar-refractivity contribution in [3.05, 3.63) is 34.1 Å². The van der Waals surface area contributed by atoms with Crippen LogP contribution in [0.3, 0.4) is 0 Å². The molecule has 0 aromatic heterocycles. The third-order valence-corrected chi connectivity index (χ3v) is 4.48. The molecule has 104 valence electrons. The van der Waals surface area contributed by atoms with E-state index in [1.54, 1.807) is 0 Å². The highest BCUT2D eigenvalue weighted by Crippen LogP contribution is 2.24. The Bertz CT molecular complexity index is 481. The Hall–Kier alpha value is -0.940. The number of carbonyl (C=O) groups excluding carboxylic acids is 1. The summed E-state index contributed by atoms with van der Waals surface area (Å²) in [5.74, 6) is 0.491. The predicted octanol–water partition coefficient (Wildman–Crippen LogP) is 2.65. The number of hydrogen-bond acceptors (Lipinski definition) is 2. The number of piperidine rings is 1. The Labute approximate surface area is 121 Å². The van der Waals surface area contributed by atoms with Gasteiger partial charge < -0.3 is 10.6 Å². The van der Waals surface area contributed by atoms with Crippen LogP contribution in [0, 0.1) is 17.7 Å². The second-order valence-electron chi connectivity index (χ2n) is 5.14. The normalized spacial score (nSPS) is 23.5. The first-order valence-corrected chi connectivity index (χ1v) is 7.26. The van der Waals surface area contributed by atoms with Gasteiger partial charge in [0.15, 0.2) is 0 Å². The molecule has 19 heavy (non-hydrogen) atoms. The van der Waals surface area contributed by atoms with Gasteiger partial charge in [0.25, 0.3) is 5.91 Å². The van der Waals surface area contributed by atoms with Crippen molar-refractivity contribution >= 4 is 21.8 Å². The lowest BCUT2D eigenvalue weighted by molar-refractivity contribution is 0.0618. The van der Waals surface area contributed by atoms with E-state index in [0.717, 1.165) is 13.0 Å². The maximum Gasteiger partial charge on any atom is 0.253 e. The molecule has 1 aliphatic heterocycles. The molecule has 1 aliphatic rings. The lowest BCUT2D eigenvalue weighted by Crippen LogP contribution is -2.45. The van der Waals surface area contributed by atoms with Crippen LogP contribution in [0.4, 0.5) is 4.39 Å². The molecule has 5 heteroatoms. The number of hydrogen-bond donors (Lipinski definition) is 1. The molecule has 2 rings (SSSR count). The van der Waals surface area contributed by atoms with Crippen LogP contribution in [0.1, 0.15) is 23.7 Å². The van der Waals surface area contributed by atoms with Gasteiger partial charge in [-0.2, -0.15) is 0 Å². The van der Waals surface area contributed by atoms with E-state index in [4.69, 9.17) is 5.73 Å². The van der Waals surface area contributed by atoms with E-state index in [9.17, 15) is 9.18 Å². The summed E-state index contributed by atoms with van der Waals surface area (Å²) in [6.07, 6.45) is 0.968. The molecule has 2 N–H and O–H groups in total. The van der Waals surface area contributed by atoms with Gasteiger partial charge in [-0.25, -0.2) is 4.39 Å². The third kappa shape index (κ3) is 3.15. The van der Waals surface area contributed by atoms with E-state index in [2.05, 4.69) is 22.9 Å². The molecule has 0 bridgehead atoms. The Morgan fingerprint density at radius 2 is 2.32 bits per heavy atom. The second-order valence-corrected chi connectivity index (χ2v) is 6.00. The summed E-state index contributed by atoms with van der Waals surface area (Å²) in [6, 6.07) is 4.37. The largest absolute Gasteiger partial charge is 0.338 e. The zero-order chi connectivity index (χ0) is 14.0. The highest BCUT2D eigenvalue weighted by Gasteiger charge is 2.28. The lowest BCUT2D eigenvalue weighted by atomic mass is 9.87. The van der Waals surface area contributed by atoms with Crippen molar-refractivity contribution in [2.45, 2.75) is 13.3 Å². The number of amides is 1. The lowest BCUT2D eigenvalue weighted by Gasteiger charge is -2.36. The van der Waals surface area contributed by atoms with Crippen LogP contribution in [0.2, 0.25) is 0 Å². The minimum atomic E-state index is -0.358. The Kier molecular flexibility index (Phi) is 4.58. The third-order valence-electron chi connectivity index (χ3n) is 3.87. The van der Waals surface area contributed by atoms with E-state index in [0.29, 0.717) is 35.0 Å². The van der Waals surface area contributed by atoms with Crippen LogP contribution in [0.15, 0.2) is 22.7 Å². The molecular weight excluding hydrogens is 311 g/mol. The van der Waals surface area contributed by atoms with Crippen LogP contribution in [-0.4, -0.2) is 30.4 Å². The first kappa shape index (κ1) is 14.5. The van der Waals surface area contributed by atoms with Crippen molar-refractivity contribution in [2.75, 3.05) is 19.6 Å². The highest BCUT2D eigenvalue weighted by atomic mass is 79.9. The predicted molar refractivity (Wildman–Crippen MR) is 76.3 cm³/mol. The maximum atomic E-state index is 13.2. The van der Waals surface area contributed by atoms with Crippen LogP contribution in [-0.2, 0) is 0 Å². The average Bonchev–Trinajstić information content (AvgIpc) is 2.41. The van der Waals surface area contributed by atoms with Crippen molar-refractivity contribution < 1.29 is 9.18 Å². The van der Waals surface area contributed by atoms with E-state index >= 15 is 0 Å². The fourth-order valence-electron chi connectivity index (χ4n) is 2.45. The van der Waals surface area contributed by atoms with Gasteiger partial charge in [0.2, 0.25) is 0 Å². The van der Waals surface area contributed by atoms with Crippen molar-refractivity contribution in [3.8, 4) is 0 Å². The van der Waals surface area contributed by atoms with Gasteiger partial charge in [0.1, 0.15) is 5.82 Å². The number of nitrogens with two attached hydrogens (primary N) is 1. The molecule has 1 aromatic rings. The van der Waals surface area contributed by atoms with Crippen molar-refractivity contribution in [1.82, 2.24) is 4.90 Å². The molecule has 1 heterocycles. The summed E-state index contributed by atoms with van der Waals surface area (Å²) in [7, 11) is 0. The summed E-state index contributed by atoms with van der Waals surface area (Å²) >= 11 is 3.11. The van der Waals surface area contributed by atoms with Crippen LogP contribution < -0.4 is 5.73 Å². The number of rotatable bonds is 2. The van der Waals surface area contributed by atoms with Crippen LogP contribution in [0.5, 0.6) is 0 Å². The molecule has 0 radical (unpaired) electrons. The molecule has 2 atom stereocenters. The zero-order valence-electron chi connectivity index (χ0n) is 10.9. The molecule has 2 unspecified atom stereocenters. The van der Waals surface area contributed by atoms with Crippen molar-refractivity contribution in [2.24, 2.45) is 17.6 Å². The van der Waals surface area contributed by atoms with Gasteiger partial charge >= 0.3 is 0 Å². The summed E-state index contributed by atoms with van der Waals surface area (Å²) in [4.78, 5) is 14.2. The summed E-state index contributed by atoms with van der Waals surface area (Å²) < 4.78 is 13.5. The van der Waals surface area contributed by atoms with Crippen LogP contribution >= 0.6 is 15.9 Å². The number of benzene rings is 1. The van der Waals surface area contributed by atoms with Gasteiger partial charge in [0.05, 0.1) is 4.47 Å². The van der Waals surface area contributed by atoms with E-state index in [-0.39, 0.29) is 11.7 Å².